The molecular formula is C53H95N3O18P2. The Balaban J connectivity index is 1.71. The molecule has 1 aromatic rings. The van der Waals surface area contributed by atoms with Crippen molar-refractivity contribution < 1.29 is 81.6 Å². The largest absolute Gasteiger partial charge is 0.481 e. The van der Waals surface area contributed by atoms with Crippen LogP contribution in [-0.4, -0.2) is 119 Å². The van der Waals surface area contributed by atoms with Crippen LogP contribution >= 0.6 is 15.6 Å². The highest BCUT2D eigenvalue weighted by molar-refractivity contribution is 7.61. The molecule has 0 aliphatic carbocycles. The predicted molar refractivity (Wildman–Crippen MR) is 286 cm³/mol. The number of esters is 2. The number of hydrogen-bond donors (Lipinski definition) is 8. The highest BCUT2D eigenvalue weighted by Gasteiger charge is 2.45. The summed E-state index contributed by atoms with van der Waals surface area (Å²) in [6.07, 6.45) is 13.5. The highest BCUT2D eigenvalue weighted by atomic mass is 31.3. The number of aliphatic hydroxyl groups excluding tert-OH is 5. The average molecular weight is 1120 g/mol. The van der Waals surface area contributed by atoms with Gasteiger partial charge in [0.1, 0.15) is 30.9 Å². The summed E-state index contributed by atoms with van der Waals surface area (Å²) in [5.74, 6) is -3.19. The molecule has 0 saturated carbocycles. The van der Waals surface area contributed by atoms with Gasteiger partial charge in [-0.05, 0) is 37.7 Å². The van der Waals surface area contributed by atoms with Crippen molar-refractivity contribution in [3.05, 3.63) is 34.9 Å². The second kappa shape index (κ2) is 37.3. The molecule has 3 heterocycles. The first kappa shape index (κ1) is 67.7. The van der Waals surface area contributed by atoms with Gasteiger partial charge in [0.15, 0.2) is 6.10 Å². The van der Waals surface area contributed by atoms with Crippen LogP contribution in [-0.2, 0) is 46.3 Å². The first-order valence-corrected chi connectivity index (χ1v) is 31.3. The van der Waals surface area contributed by atoms with Gasteiger partial charge in [0.25, 0.3) is 0 Å². The number of unbranched alkanes of at least 4 members (excludes halogenated alkanes) is 16. The molecule has 2 aliphatic heterocycles. The number of aliphatic hydroxyl groups is 5. The standard InChI is InChI=1S/C53H95N3O18P2/c1-4-5-21-27-40(57)31-32-42-44(58)35-45(59)43-28-23-19-20-24-29-48(60)69-36-41(72-49(61)30-25-18-16-14-12-10-8-6-7-9-11-13-15-17-22-26-39(2)3)37-70-75(65,66)74-76(67,68)71-38-46(51(63)50(42)62)73-52(43)56-34-33-47(54)55-53(56)64/h31-34,39-46,50-52,57-59,62-63H,4-30,35-38H2,1-3H3,(H,65,66)(H,67,68)(H2,54,55,64)/b32-31+/t40-,41+,42-,43-,44+,45-,46+,50-,51+,52+/m0/s1. The zero-order valence-electron chi connectivity index (χ0n) is 45.6. The fourth-order valence-corrected chi connectivity index (χ4v) is 11.7. The molecular weight excluding hydrogens is 1030 g/mol. The van der Waals surface area contributed by atoms with Crippen LogP contribution in [0.15, 0.2) is 29.2 Å². The molecule has 2 aliphatic rings. The van der Waals surface area contributed by atoms with Gasteiger partial charge in [-0.2, -0.15) is 9.29 Å². The van der Waals surface area contributed by atoms with Gasteiger partial charge >= 0.3 is 33.3 Å². The first-order chi connectivity index (χ1) is 36.2. The second-order valence-corrected chi connectivity index (χ2v) is 24.3. The molecule has 76 heavy (non-hydrogen) atoms. The molecule has 21 nitrogen and oxygen atoms in total. The molecule has 2 bridgehead atoms. The Morgan fingerprint density at radius 3 is 1.97 bits per heavy atom. The van der Waals surface area contributed by atoms with Crippen molar-refractivity contribution in [3.8, 4) is 0 Å². The van der Waals surface area contributed by atoms with Crippen LogP contribution in [0.4, 0.5) is 5.82 Å². The van der Waals surface area contributed by atoms with Crippen molar-refractivity contribution in [2.45, 2.75) is 250 Å². The summed E-state index contributed by atoms with van der Waals surface area (Å²) in [7, 11) is -11.3. The average Bonchev–Trinajstić information content (AvgIpc) is 3.35. The molecule has 440 valence electrons. The molecule has 2 saturated heterocycles. The number of nitrogen functional groups attached to an aromatic ring is 1. The molecule has 2 unspecified atom stereocenters. The lowest BCUT2D eigenvalue weighted by Gasteiger charge is -2.41. The Morgan fingerprint density at radius 1 is 0.789 bits per heavy atom. The molecule has 3 rings (SSSR count). The number of cyclic esters (lactones) is 1. The van der Waals surface area contributed by atoms with E-state index in [1.165, 1.54) is 95.0 Å². The SMILES string of the molecule is CCCCC[C@H](O)/C=C/[C@@H]1[C@H](O)[C@H](O)[C@H]2COP(=O)(O)OP(=O)(O)OC[C@H](OC(=O)CCCCCCCCCCCCCCCCCC(C)C)COC(=O)CCCCCC[C@H]([C@H](n3ccc(N)nc3=O)O2)[C@@H](O)C[C@H]1O. The van der Waals surface area contributed by atoms with Crippen LogP contribution in [0.2, 0.25) is 0 Å². The minimum atomic E-state index is -5.70. The van der Waals surface area contributed by atoms with E-state index in [0.717, 1.165) is 49.0 Å². The zero-order chi connectivity index (χ0) is 55.9. The number of ether oxygens (including phenoxy) is 3. The Labute approximate surface area is 450 Å². The van der Waals surface area contributed by atoms with E-state index in [2.05, 4.69) is 23.1 Å². The van der Waals surface area contributed by atoms with Gasteiger partial charge in [0, 0.05) is 37.3 Å². The van der Waals surface area contributed by atoms with E-state index in [1.54, 1.807) is 0 Å². The lowest BCUT2D eigenvalue weighted by molar-refractivity contribution is -0.195. The van der Waals surface area contributed by atoms with Crippen LogP contribution in [0, 0.1) is 17.8 Å². The highest BCUT2D eigenvalue weighted by Crippen LogP contribution is 2.60. The Kier molecular flexibility index (Phi) is 33.2. The number of phosphoric ester groups is 2. The molecule has 2 fully saturated rings. The smallest absolute Gasteiger partial charge is 0.462 e. The van der Waals surface area contributed by atoms with Crippen molar-refractivity contribution in [2.24, 2.45) is 17.8 Å². The molecule has 0 radical (unpaired) electrons. The van der Waals surface area contributed by atoms with Gasteiger partial charge in [-0.3, -0.25) is 23.2 Å². The number of hydrogen-bond acceptors (Lipinski definition) is 18. The lowest BCUT2D eigenvalue weighted by atomic mass is 9.82. The van der Waals surface area contributed by atoms with Gasteiger partial charge in [-0.1, -0.05) is 168 Å². The summed E-state index contributed by atoms with van der Waals surface area (Å²) >= 11 is 0. The fourth-order valence-electron chi connectivity index (χ4n) is 9.63. The molecule has 9 N–H and O–H groups in total. The summed E-state index contributed by atoms with van der Waals surface area (Å²) in [5.41, 5.74) is 4.82. The fraction of sp³-hybridized carbons (Fsp3) is 0.849. The van der Waals surface area contributed by atoms with E-state index in [9.17, 15) is 58.8 Å². The summed E-state index contributed by atoms with van der Waals surface area (Å²) in [4.78, 5) is 64.5. The maximum atomic E-state index is 13.4. The van der Waals surface area contributed by atoms with E-state index >= 15 is 0 Å². The van der Waals surface area contributed by atoms with E-state index < -0.39 is 120 Å². The zero-order valence-corrected chi connectivity index (χ0v) is 47.4. The number of nitrogens with two attached hydrogens (primary N) is 1. The van der Waals surface area contributed by atoms with Gasteiger partial charge in [0.2, 0.25) is 0 Å². The number of phosphoric acid groups is 2. The molecule has 12 atom stereocenters. The first-order valence-electron chi connectivity index (χ1n) is 28.3. The second-order valence-electron chi connectivity index (χ2n) is 21.2. The maximum Gasteiger partial charge on any atom is 0.481 e. The monoisotopic (exact) mass is 1120 g/mol. The van der Waals surface area contributed by atoms with Crippen molar-refractivity contribution >= 4 is 33.4 Å². The summed E-state index contributed by atoms with van der Waals surface area (Å²) in [6, 6.07) is 1.26. The topological polar surface area (TPSA) is 326 Å². The Hall–Kier alpha value is -2.62. The number of carbonyl (C=O) groups excluding carboxylic acids is 2. The van der Waals surface area contributed by atoms with Crippen molar-refractivity contribution in [2.75, 3.05) is 25.6 Å². The van der Waals surface area contributed by atoms with E-state index in [1.807, 2.05) is 6.92 Å². The Morgan fingerprint density at radius 2 is 1.37 bits per heavy atom. The minimum absolute atomic E-state index is 0.0120. The lowest BCUT2D eigenvalue weighted by Crippen LogP contribution is -2.52. The van der Waals surface area contributed by atoms with Crippen LogP contribution in [0.3, 0.4) is 0 Å². The summed E-state index contributed by atoms with van der Waals surface area (Å²) < 4.78 is 59.4. The van der Waals surface area contributed by atoms with E-state index in [0.29, 0.717) is 44.9 Å². The van der Waals surface area contributed by atoms with Gasteiger partial charge in [0.05, 0.1) is 37.6 Å². The third-order valence-corrected chi connectivity index (χ3v) is 16.7. The molecule has 0 aromatic carbocycles. The minimum Gasteiger partial charge on any atom is -0.462 e. The van der Waals surface area contributed by atoms with Crippen LogP contribution < -0.4 is 11.4 Å². The quantitative estimate of drug-likeness (QED) is 0.0186. The van der Waals surface area contributed by atoms with Gasteiger partial charge in [-0.25, -0.2) is 13.9 Å². The summed E-state index contributed by atoms with van der Waals surface area (Å²) in [6.45, 7) is 3.89. The normalized spacial score (nSPS) is 29.7. The number of nitrogens with zero attached hydrogens (tertiary/aromatic N) is 2. The molecule has 0 spiro atoms. The van der Waals surface area contributed by atoms with Crippen LogP contribution in [0.1, 0.15) is 207 Å². The number of aromatic nitrogens is 2. The van der Waals surface area contributed by atoms with Crippen molar-refractivity contribution in [3.63, 3.8) is 0 Å². The van der Waals surface area contributed by atoms with Crippen molar-refractivity contribution in [1.82, 2.24) is 9.55 Å². The molecule has 23 heteroatoms. The Bertz CT molecular complexity index is 1960. The third kappa shape index (κ3) is 28.0. The summed E-state index contributed by atoms with van der Waals surface area (Å²) in [5, 5.41) is 57.6. The number of fused-ring (bicyclic) bond motifs is 3. The molecule has 0 amide bonds. The van der Waals surface area contributed by atoms with Crippen molar-refractivity contribution in [1.29, 1.82) is 0 Å². The maximum absolute atomic E-state index is 13.4. The van der Waals surface area contributed by atoms with E-state index in [4.69, 9.17) is 29.0 Å². The number of rotatable bonds is 26. The van der Waals surface area contributed by atoms with Gasteiger partial charge < -0.3 is 55.3 Å². The predicted octanol–water partition coefficient (Wildman–Crippen LogP) is 8.63. The van der Waals surface area contributed by atoms with E-state index in [-0.39, 0.29) is 25.1 Å². The van der Waals surface area contributed by atoms with Crippen LogP contribution in [0.25, 0.3) is 0 Å². The molecule has 1 aromatic heterocycles. The van der Waals surface area contributed by atoms with Crippen LogP contribution in [0.5, 0.6) is 0 Å². The third-order valence-electron chi connectivity index (χ3n) is 14.1. The number of anilines is 1. The number of carbonyl (C=O) groups is 2. The van der Waals surface area contributed by atoms with Gasteiger partial charge in [-0.15, -0.1) is 0 Å².